The molecule has 0 amide bonds. The molecule has 2 aromatic rings. The minimum absolute atomic E-state index is 0.201. The van der Waals surface area contributed by atoms with Crippen LogP contribution in [0.15, 0.2) is 54.6 Å². The molecule has 0 spiro atoms. The molecule has 0 bridgehead atoms. The van der Waals surface area contributed by atoms with Gasteiger partial charge in [-0.15, -0.1) is 0 Å². The minimum atomic E-state index is -0.942. The first-order chi connectivity index (χ1) is 10.7. The van der Waals surface area contributed by atoms with Gasteiger partial charge in [-0.3, -0.25) is 4.79 Å². The molecule has 22 heavy (non-hydrogen) atoms. The van der Waals surface area contributed by atoms with E-state index >= 15 is 0 Å². The van der Waals surface area contributed by atoms with Crippen molar-refractivity contribution in [3.8, 4) is 6.07 Å². The van der Waals surface area contributed by atoms with E-state index in [9.17, 15) is 14.4 Å². The molecule has 0 aliphatic heterocycles. The van der Waals surface area contributed by atoms with Gasteiger partial charge in [-0.2, -0.15) is 5.26 Å². The largest absolute Gasteiger partial charge is 0.465 e. The zero-order chi connectivity index (χ0) is 15.9. The average molecular weight is 297 g/mol. The predicted octanol–water partition coefficient (Wildman–Crippen LogP) is 3.78. The molecule has 0 aliphatic rings. The highest BCUT2D eigenvalue weighted by Crippen LogP contribution is 2.34. The van der Waals surface area contributed by atoms with Gasteiger partial charge in [0, 0.05) is 5.56 Å². The molecule has 2 rings (SSSR count). The van der Waals surface area contributed by atoms with Crippen LogP contribution in [0.25, 0.3) is 0 Å². The Morgan fingerprint density at radius 3 is 2.41 bits per heavy atom. The fourth-order valence-electron chi connectivity index (χ4n) is 2.41. The van der Waals surface area contributed by atoms with E-state index in [1.54, 1.807) is 43.3 Å². The van der Waals surface area contributed by atoms with Crippen LogP contribution in [0.1, 0.15) is 29.9 Å². The van der Waals surface area contributed by atoms with E-state index in [1.807, 2.05) is 6.07 Å². The molecule has 2 unspecified atom stereocenters. The van der Waals surface area contributed by atoms with Crippen molar-refractivity contribution >= 4 is 5.97 Å². The number of nitrogens with zero attached hydrogens (tertiary/aromatic N) is 1. The molecule has 0 fully saturated rings. The van der Waals surface area contributed by atoms with Gasteiger partial charge in [0.2, 0.25) is 0 Å². The van der Waals surface area contributed by atoms with E-state index in [4.69, 9.17) is 4.74 Å². The van der Waals surface area contributed by atoms with Gasteiger partial charge >= 0.3 is 5.97 Å². The van der Waals surface area contributed by atoms with E-state index in [0.717, 1.165) is 0 Å². The van der Waals surface area contributed by atoms with Crippen molar-refractivity contribution in [2.24, 2.45) is 0 Å². The first-order valence-corrected chi connectivity index (χ1v) is 7.04. The van der Waals surface area contributed by atoms with Gasteiger partial charge in [-0.1, -0.05) is 48.5 Å². The number of nitriles is 1. The number of hydrogen-bond donors (Lipinski definition) is 0. The van der Waals surface area contributed by atoms with Gasteiger partial charge < -0.3 is 4.74 Å². The van der Waals surface area contributed by atoms with Crippen LogP contribution < -0.4 is 0 Å². The Labute approximate surface area is 129 Å². The summed E-state index contributed by atoms with van der Waals surface area (Å²) in [6.07, 6.45) is 0. The Morgan fingerprint density at radius 1 is 1.18 bits per heavy atom. The molecule has 3 nitrogen and oxygen atoms in total. The highest BCUT2D eigenvalue weighted by molar-refractivity contribution is 5.80. The number of halogens is 1. The first kappa shape index (κ1) is 15.7. The van der Waals surface area contributed by atoms with Crippen molar-refractivity contribution in [1.29, 1.82) is 5.26 Å². The summed E-state index contributed by atoms with van der Waals surface area (Å²) in [6, 6.07) is 16.9. The van der Waals surface area contributed by atoms with Crippen molar-refractivity contribution in [2.75, 3.05) is 6.61 Å². The lowest BCUT2D eigenvalue weighted by Crippen LogP contribution is -2.23. The van der Waals surface area contributed by atoms with Gasteiger partial charge in [0.1, 0.15) is 11.7 Å². The zero-order valence-electron chi connectivity index (χ0n) is 12.2. The highest BCUT2D eigenvalue weighted by Gasteiger charge is 2.33. The zero-order valence-corrected chi connectivity index (χ0v) is 12.2. The van der Waals surface area contributed by atoms with Crippen LogP contribution in [0.4, 0.5) is 4.39 Å². The van der Waals surface area contributed by atoms with Gasteiger partial charge in [-0.05, 0) is 18.6 Å². The summed E-state index contributed by atoms with van der Waals surface area (Å²) in [7, 11) is 0. The van der Waals surface area contributed by atoms with Gasteiger partial charge in [0.05, 0.1) is 18.6 Å². The molecule has 0 N–H and O–H groups in total. The third kappa shape index (κ3) is 3.32. The summed E-state index contributed by atoms with van der Waals surface area (Å²) < 4.78 is 19.1. The maximum Gasteiger partial charge on any atom is 0.315 e. The molecular weight excluding hydrogens is 281 g/mol. The van der Waals surface area contributed by atoms with Gasteiger partial charge in [-0.25, -0.2) is 4.39 Å². The van der Waals surface area contributed by atoms with Crippen molar-refractivity contribution in [3.63, 3.8) is 0 Å². The second-order valence-electron chi connectivity index (χ2n) is 4.77. The molecule has 0 aliphatic carbocycles. The molecule has 112 valence electrons. The second kappa shape index (κ2) is 7.37. The fourth-order valence-corrected chi connectivity index (χ4v) is 2.41. The topological polar surface area (TPSA) is 50.1 Å². The number of benzene rings is 2. The summed E-state index contributed by atoms with van der Waals surface area (Å²) >= 11 is 0. The van der Waals surface area contributed by atoms with Crippen LogP contribution in [-0.4, -0.2) is 12.6 Å². The normalized spacial score (nSPS) is 13.0. The van der Waals surface area contributed by atoms with E-state index in [2.05, 4.69) is 6.07 Å². The predicted molar refractivity (Wildman–Crippen MR) is 80.6 cm³/mol. The number of rotatable bonds is 5. The van der Waals surface area contributed by atoms with Crippen LogP contribution >= 0.6 is 0 Å². The molecule has 2 aromatic carbocycles. The van der Waals surface area contributed by atoms with E-state index < -0.39 is 23.6 Å². The van der Waals surface area contributed by atoms with E-state index in [-0.39, 0.29) is 12.2 Å². The van der Waals surface area contributed by atoms with Crippen molar-refractivity contribution in [1.82, 2.24) is 0 Å². The van der Waals surface area contributed by atoms with Crippen molar-refractivity contribution in [2.45, 2.75) is 18.8 Å². The molecular formula is C18H16FNO2. The van der Waals surface area contributed by atoms with E-state index in [1.165, 1.54) is 12.1 Å². The first-order valence-electron chi connectivity index (χ1n) is 7.04. The van der Waals surface area contributed by atoms with Gasteiger partial charge in [0.25, 0.3) is 0 Å². The maximum absolute atomic E-state index is 14.0. The summed E-state index contributed by atoms with van der Waals surface area (Å²) in [5.74, 6) is -2.83. The lowest BCUT2D eigenvalue weighted by Gasteiger charge is -2.21. The standard InChI is InChI=1S/C18H16FNO2/c1-2-22-18(21)17(13-8-4-3-5-9-13)15(12-20)14-10-6-7-11-16(14)19/h3-11,15,17H,2H2,1H3. The number of carbonyl (C=O) groups excluding carboxylic acids is 1. The van der Waals surface area contributed by atoms with Crippen molar-refractivity contribution < 1.29 is 13.9 Å². The molecule has 0 saturated carbocycles. The van der Waals surface area contributed by atoms with Crippen LogP contribution in [0.2, 0.25) is 0 Å². The smallest absolute Gasteiger partial charge is 0.315 e. The fraction of sp³-hybridized carbons (Fsp3) is 0.222. The Bertz CT molecular complexity index is 679. The molecule has 2 atom stereocenters. The summed E-state index contributed by atoms with van der Waals surface area (Å²) in [4.78, 5) is 12.3. The van der Waals surface area contributed by atoms with Crippen LogP contribution in [0.5, 0.6) is 0 Å². The molecule has 0 radical (unpaired) electrons. The summed E-state index contributed by atoms with van der Waals surface area (Å²) in [5.41, 5.74) is 0.836. The average Bonchev–Trinajstić information content (AvgIpc) is 2.54. The summed E-state index contributed by atoms with van der Waals surface area (Å²) in [6.45, 7) is 1.90. The molecule has 4 heteroatoms. The lowest BCUT2D eigenvalue weighted by molar-refractivity contribution is -0.145. The Balaban J connectivity index is 2.50. The van der Waals surface area contributed by atoms with Crippen molar-refractivity contribution in [3.05, 3.63) is 71.5 Å². The Kier molecular flexibility index (Phi) is 5.26. The van der Waals surface area contributed by atoms with Gasteiger partial charge in [0.15, 0.2) is 0 Å². The lowest BCUT2D eigenvalue weighted by atomic mass is 9.82. The minimum Gasteiger partial charge on any atom is -0.465 e. The SMILES string of the molecule is CCOC(=O)C(c1ccccc1)C(C#N)c1ccccc1F. The van der Waals surface area contributed by atoms with Crippen LogP contribution in [-0.2, 0) is 9.53 Å². The van der Waals surface area contributed by atoms with E-state index in [0.29, 0.717) is 5.56 Å². The number of ether oxygens (including phenoxy) is 1. The molecule has 0 saturated heterocycles. The highest BCUT2D eigenvalue weighted by atomic mass is 19.1. The monoisotopic (exact) mass is 297 g/mol. The number of carbonyl (C=O) groups is 1. The Morgan fingerprint density at radius 2 is 1.82 bits per heavy atom. The van der Waals surface area contributed by atoms with Crippen LogP contribution in [0, 0.1) is 17.1 Å². The third-order valence-corrected chi connectivity index (χ3v) is 3.41. The molecule has 0 aromatic heterocycles. The quantitative estimate of drug-likeness (QED) is 0.789. The van der Waals surface area contributed by atoms with Crippen LogP contribution in [0.3, 0.4) is 0 Å². The summed E-state index contributed by atoms with van der Waals surface area (Å²) in [5, 5.41) is 9.53. The number of hydrogen-bond acceptors (Lipinski definition) is 3. The number of esters is 1. The molecule has 0 heterocycles. The second-order valence-corrected chi connectivity index (χ2v) is 4.77. The third-order valence-electron chi connectivity index (χ3n) is 3.41. The maximum atomic E-state index is 14.0. The Hall–Kier alpha value is -2.67.